The molecule has 0 saturated heterocycles. The van der Waals surface area contributed by atoms with Gasteiger partial charge in [0.2, 0.25) is 0 Å². The summed E-state index contributed by atoms with van der Waals surface area (Å²) < 4.78 is 3.59. The largest absolute Gasteiger partial charge is 0.473 e. The molecular weight excluding hydrogens is 276 g/mol. The lowest BCUT2D eigenvalue weighted by Gasteiger charge is -2.10. The second kappa shape index (κ2) is 5.48. The molecule has 22 heavy (non-hydrogen) atoms. The van der Waals surface area contributed by atoms with Crippen LogP contribution in [0.4, 0.5) is 0 Å². The van der Waals surface area contributed by atoms with E-state index in [-0.39, 0.29) is 5.69 Å². The van der Waals surface area contributed by atoms with E-state index >= 15 is 0 Å². The highest BCUT2D eigenvalue weighted by Gasteiger charge is 2.25. The normalized spacial score (nSPS) is 10.6. The van der Waals surface area contributed by atoms with E-state index in [1.165, 1.54) is 0 Å². The standard InChI is InChI=1S/C18H16N2O2/c1-13-12-17(18(21)22)19(2)20(13)16-11-7-6-10-15(16)14-8-4-3-5-9-14/h3-12H,1-2H3/p+1. The molecule has 0 fully saturated rings. The Morgan fingerprint density at radius 1 is 1.05 bits per heavy atom. The minimum atomic E-state index is -0.929. The van der Waals surface area contributed by atoms with Crippen LogP contribution in [-0.2, 0) is 7.05 Å². The third kappa shape index (κ3) is 2.29. The van der Waals surface area contributed by atoms with Gasteiger partial charge in [0.1, 0.15) is 5.69 Å². The quantitative estimate of drug-likeness (QED) is 0.755. The van der Waals surface area contributed by atoms with Crippen LogP contribution in [0.2, 0.25) is 0 Å². The van der Waals surface area contributed by atoms with E-state index < -0.39 is 5.97 Å². The molecule has 0 bridgehead atoms. The Morgan fingerprint density at radius 2 is 1.68 bits per heavy atom. The number of carbonyl (C=O) groups is 1. The van der Waals surface area contributed by atoms with Gasteiger partial charge in [-0.1, -0.05) is 53.2 Å². The highest BCUT2D eigenvalue weighted by molar-refractivity contribution is 5.84. The summed E-state index contributed by atoms with van der Waals surface area (Å²) in [5.41, 5.74) is 4.27. The van der Waals surface area contributed by atoms with E-state index in [4.69, 9.17) is 0 Å². The van der Waals surface area contributed by atoms with Gasteiger partial charge >= 0.3 is 11.7 Å². The van der Waals surface area contributed by atoms with E-state index in [0.29, 0.717) is 0 Å². The van der Waals surface area contributed by atoms with Crippen LogP contribution in [0.1, 0.15) is 16.2 Å². The number of benzene rings is 2. The van der Waals surface area contributed by atoms with Crippen molar-refractivity contribution in [2.45, 2.75) is 6.92 Å². The Kier molecular flexibility index (Phi) is 3.51. The van der Waals surface area contributed by atoms with Crippen molar-refractivity contribution in [3.8, 4) is 16.8 Å². The molecule has 0 aliphatic rings. The monoisotopic (exact) mass is 293 g/mol. The predicted molar refractivity (Wildman–Crippen MR) is 84.1 cm³/mol. The van der Waals surface area contributed by atoms with Gasteiger partial charge < -0.3 is 5.11 Å². The summed E-state index contributed by atoms with van der Waals surface area (Å²) in [6, 6.07) is 19.8. The fourth-order valence-electron chi connectivity index (χ4n) is 2.77. The number of hydrogen-bond acceptors (Lipinski definition) is 1. The number of carboxylic acids is 1. The molecule has 1 heterocycles. The van der Waals surface area contributed by atoms with Crippen LogP contribution >= 0.6 is 0 Å². The number of aromatic nitrogens is 2. The van der Waals surface area contributed by atoms with Crippen molar-refractivity contribution in [3.05, 3.63) is 72.1 Å². The first-order chi connectivity index (χ1) is 10.6. The number of para-hydroxylation sites is 1. The van der Waals surface area contributed by atoms with E-state index in [9.17, 15) is 9.90 Å². The van der Waals surface area contributed by atoms with Crippen molar-refractivity contribution in [3.63, 3.8) is 0 Å². The summed E-state index contributed by atoms with van der Waals surface area (Å²) in [6.45, 7) is 1.91. The summed E-state index contributed by atoms with van der Waals surface area (Å²) in [5, 5.41) is 9.30. The molecule has 0 spiro atoms. The summed E-state index contributed by atoms with van der Waals surface area (Å²) >= 11 is 0. The molecule has 3 rings (SSSR count). The van der Waals surface area contributed by atoms with Crippen molar-refractivity contribution in [2.24, 2.45) is 7.05 Å². The zero-order valence-corrected chi connectivity index (χ0v) is 12.5. The molecule has 4 nitrogen and oxygen atoms in total. The zero-order chi connectivity index (χ0) is 15.7. The fraction of sp³-hybridized carbons (Fsp3) is 0.111. The minimum absolute atomic E-state index is 0.264. The Hall–Kier alpha value is -2.88. The third-order valence-electron chi connectivity index (χ3n) is 3.76. The smallest absolute Gasteiger partial charge is 0.403 e. The van der Waals surface area contributed by atoms with Gasteiger partial charge in [-0.3, -0.25) is 0 Å². The molecule has 2 aromatic carbocycles. The molecule has 3 aromatic rings. The minimum Gasteiger partial charge on any atom is -0.473 e. The molecule has 0 radical (unpaired) electrons. The summed E-state index contributed by atoms with van der Waals surface area (Å²) in [5.74, 6) is -0.929. The summed E-state index contributed by atoms with van der Waals surface area (Å²) in [7, 11) is 1.76. The maximum absolute atomic E-state index is 11.3. The van der Waals surface area contributed by atoms with Crippen LogP contribution in [0.5, 0.6) is 0 Å². The highest BCUT2D eigenvalue weighted by atomic mass is 16.4. The SMILES string of the molecule is Cc1cc(C(=O)O)[n+](C)n1-c1ccccc1-c1ccccc1. The lowest BCUT2D eigenvalue weighted by atomic mass is 10.0. The van der Waals surface area contributed by atoms with Crippen molar-refractivity contribution in [1.29, 1.82) is 0 Å². The Bertz CT molecular complexity index is 836. The third-order valence-corrected chi connectivity index (χ3v) is 3.76. The number of carboxylic acid groups (broad SMARTS) is 1. The molecule has 110 valence electrons. The first-order valence-corrected chi connectivity index (χ1v) is 7.06. The molecule has 0 amide bonds. The topological polar surface area (TPSA) is 46.1 Å². The van der Waals surface area contributed by atoms with Crippen molar-refractivity contribution >= 4 is 5.97 Å². The lowest BCUT2D eigenvalue weighted by molar-refractivity contribution is -0.746. The van der Waals surface area contributed by atoms with E-state index in [1.807, 2.05) is 54.1 Å². The Morgan fingerprint density at radius 3 is 2.32 bits per heavy atom. The molecule has 0 aliphatic carbocycles. The maximum Gasteiger partial charge on any atom is 0.403 e. The first-order valence-electron chi connectivity index (χ1n) is 7.06. The van der Waals surface area contributed by atoms with Gasteiger partial charge in [0, 0.05) is 11.6 Å². The van der Waals surface area contributed by atoms with Gasteiger partial charge in [-0.15, -0.1) is 4.68 Å². The average Bonchev–Trinajstić information content (AvgIpc) is 2.83. The van der Waals surface area contributed by atoms with Crippen molar-refractivity contribution in [2.75, 3.05) is 0 Å². The van der Waals surface area contributed by atoms with Gasteiger partial charge in [0.15, 0.2) is 7.05 Å². The number of aromatic carboxylic acids is 1. The number of hydrogen-bond donors (Lipinski definition) is 1. The van der Waals surface area contributed by atoms with Crippen LogP contribution in [-0.4, -0.2) is 15.8 Å². The first kappa shape index (κ1) is 14.1. The maximum atomic E-state index is 11.3. The van der Waals surface area contributed by atoms with Gasteiger partial charge in [-0.05, 0) is 18.6 Å². The molecule has 0 saturated carbocycles. The predicted octanol–water partition coefficient (Wildman–Crippen LogP) is 2.98. The van der Waals surface area contributed by atoms with Gasteiger partial charge in [-0.25, -0.2) is 4.79 Å². The van der Waals surface area contributed by atoms with E-state index in [0.717, 1.165) is 22.5 Å². The van der Waals surface area contributed by atoms with Crippen molar-refractivity contribution in [1.82, 2.24) is 4.68 Å². The molecule has 0 unspecified atom stereocenters. The lowest BCUT2D eigenvalue weighted by Crippen LogP contribution is -2.43. The van der Waals surface area contributed by atoms with Crippen LogP contribution in [0.15, 0.2) is 60.7 Å². The Balaban J connectivity index is 2.25. The Labute approximate surface area is 128 Å². The van der Waals surface area contributed by atoms with Gasteiger partial charge in [0.05, 0.1) is 5.69 Å². The van der Waals surface area contributed by atoms with Crippen LogP contribution in [0.3, 0.4) is 0 Å². The van der Waals surface area contributed by atoms with E-state index in [1.54, 1.807) is 17.8 Å². The molecule has 0 aliphatic heterocycles. The second-order valence-electron chi connectivity index (χ2n) is 5.19. The van der Waals surface area contributed by atoms with Gasteiger partial charge in [-0.2, -0.15) is 0 Å². The van der Waals surface area contributed by atoms with E-state index in [2.05, 4.69) is 12.1 Å². The van der Waals surface area contributed by atoms with Crippen LogP contribution < -0.4 is 4.68 Å². The fourth-order valence-corrected chi connectivity index (χ4v) is 2.77. The number of nitrogens with zero attached hydrogens (tertiary/aromatic N) is 2. The molecule has 4 heteroatoms. The van der Waals surface area contributed by atoms with Crippen LogP contribution in [0.25, 0.3) is 16.8 Å². The molecule has 1 aromatic heterocycles. The summed E-state index contributed by atoms with van der Waals surface area (Å²) in [6.07, 6.45) is 0. The number of rotatable bonds is 3. The zero-order valence-electron chi connectivity index (χ0n) is 12.5. The molecule has 0 atom stereocenters. The molecule has 1 N–H and O–H groups in total. The summed E-state index contributed by atoms with van der Waals surface area (Å²) in [4.78, 5) is 11.3. The van der Waals surface area contributed by atoms with Gasteiger partial charge in [0.25, 0.3) is 0 Å². The second-order valence-corrected chi connectivity index (χ2v) is 5.19. The average molecular weight is 293 g/mol. The van der Waals surface area contributed by atoms with Crippen LogP contribution in [0, 0.1) is 6.92 Å². The molecular formula is C18H17N2O2+. The number of aryl methyl sites for hydroxylation is 1. The van der Waals surface area contributed by atoms with Crippen molar-refractivity contribution < 1.29 is 14.6 Å². The highest BCUT2D eigenvalue weighted by Crippen LogP contribution is 2.26.